The highest BCUT2D eigenvalue weighted by Crippen LogP contribution is 2.38. The van der Waals surface area contributed by atoms with Crippen LogP contribution in [0.4, 0.5) is 10.1 Å². The van der Waals surface area contributed by atoms with Crippen LogP contribution in [0.1, 0.15) is 38.3 Å². The molecule has 0 amide bonds. The van der Waals surface area contributed by atoms with Crippen molar-refractivity contribution in [3.05, 3.63) is 53.3 Å². The molecule has 1 atom stereocenters. The fourth-order valence-corrected chi connectivity index (χ4v) is 3.04. The number of hydrogen-bond donors (Lipinski definition) is 4. The van der Waals surface area contributed by atoms with Gasteiger partial charge in [0.2, 0.25) is 0 Å². The molecule has 0 bridgehead atoms. The monoisotopic (exact) mass is 403 g/mol. The minimum absolute atomic E-state index is 0.0505. The van der Waals surface area contributed by atoms with Gasteiger partial charge in [-0.15, -0.1) is 0 Å². The Morgan fingerprint density at radius 2 is 1.79 bits per heavy atom. The second-order valence-corrected chi connectivity index (χ2v) is 6.33. The first-order chi connectivity index (χ1) is 13.8. The SMILES string of the molecule is CCOc1cc(OCC)c(F)c(C(CC)(Nc2ccc(C(=N)N)cc2)C(=O)O)c1. The summed E-state index contributed by atoms with van der Waals surface area (Å²) in [5.74, 6) is -1.85. The molecule has 0 fully saturated rings. The van der Waals surface area contributed by atoms with Crippen LogP contribution in [0.5, 0.6) is 11.5 Å². The van der Waals surface area contributed by atoms with Gasteiger partial charge in [-0.2, -0.15) is 0 Å². The molecule has 29 heavy (non-hydrogen) atoms. The summed E-state index contributed by atoms with van der Waals surface area (Å²) in [6, 6.07) is 9.17. The fraction of sp³-hybridized carbons (Fsp3) is 0.333. The third-order valence-corrected chi connectivity index (χ3v) is 4.53. The van der Waals surface area contributed by atoms with Crippen LogP contribution in [0.25, 0.3) is 0 Å². The zero-order chi connectivity index (χ0) is 21.6. The Morgan fingerprint density at radius 1 is 1.17 bits per heavy atom. The van der Waals surface area contributed by atoms with E-state index in [9.17, 15) is 9.90 Å². The van der Waals surface area contributed by atoms with Crippen LogP contribution in [-0.2, 0) is 10.3 Å². The third kappa shape index (κ3) is 4.59. The van der Waals surface area contributed by atoms with Gasteiger partial charge >= 0.3 is 5.97 Å². The van der Waals surface area contributed by atoms with Gasteiger partial charge in [-0.05, 0) is 50.6 Å². The predicted octanol–water partition coefficient (Wildman–Crippen LogP) is 3.71. The number of carboxylic acid groups (broad SMARTS) is 1. The summed E-state index contributed by atoms with van der Waals surface area (Å²) >= 11 is 0. The van der Waals surface area contributed by atoms with Crippen molar-refractivity contribution in [2.75, 3.05) is 18.5 Å². The molecular formula is C21H26FN3O4. The Bertz CT molecular complexity index is 886. The first-order valence-electron chi connectivity index (χ1n) is 9.34. The van der Waals surface area contributed by atoms with Crippen LogP contribution in [0.2, 0.25) is 0 Å². The fourth-order valence-electron chi connectivity index (χ4n) is 3.04. The molecule has 0 radical (unpaired) electrons. The van der Waals surface area contributed by atoms with E-state index < -0.39 is 17.3 Å². The maximum Gasteiger partial charge on any atom is 0.334 e. The summed E-state index contributed by atoms with van der Waals surface area (Å²) in [5, 5.41) is 20.5. The van der Waals surface area contributed by atoms with Crippen molar-refractivity contribution in [1.82, 2.24) is 0 Å². The smallest absolute Gasteiger partial charge is 0.334 e. The lowest BCUT2D eigenvalue weighted by Gasteiger charge is -2.32. The molecule has 156 valence electrons. The van der Waals surface area contributed by atoms with Crippen LogP contribution < -0.4 is 20.5 Å². The number of benzene rings is 2. The number of hydrogen-bond acceptors (Lipinski definition) is 5. The van der Waals surface area contributed by atoms with Gasteiger partial charge in [0.15, 0.2) is 17.1 Å². The standard InChI is InChI=1S/C21H26FN3O4/c1-4-21(20(26)27,25-14-9-7-13(8-10-14)19(23)24)16-11-15(28-5-2)12-17(18(16)22)29-6-3/h7-12,25H,4-6H2,1-3H3,(H3,23,24)(H,26,27). The molecular weight excluding hydrogens is 377 g/mol. The molecule has 5 N–H and O–H groups in total. The molecule has 2 aromatic carbocycles. The largest absolute Gasteiger partial charge is 0.494 e. The highest BCUT2D eigenvalue weighted by molar-refractivity contribution is 5.95. The maximum absolute atomic E-state index is 15.3. The predicted molar refractivity (Wildman–Crippen MR) is 109 cm³/mol. The Labute approximate surface area is 169 Å². The average molecular weight is 403 g/mol. The lowest BCUT2D eigenvalue weighted by Crippen LogP contribution is -2.44. The van der Waals surface area contributed by atoms with E-state index in [1.54, 1.807) is 45.0 Å². The summed E-state index contributed by atoms with van der Waals surface area (Å²) in [5.41, 5.74) is 4.55. The summed E-state index contributed by atoms with van der Waals surface area (Å²) in [6.45, 7) is 5.70. The van der Waals surface area contributed by atoms with Crippen molar-refractivity contribution in [2.24, 2.45) is 5.73 Å². The topological polar surface area (TPSA) is 118 Å². The molecule has 1 unspecified atom stereocenters. The number of carbonyl (C=O) groups is 1. The van der Waals surface area contributed by atoms with Crippen molar-refractivity contribution in [3.8, 4) is 11.5 Å². The minimum Gasteiger partial charge on any atom is -0.494 e. The zero-order valence-electron chi connectivity index (χ0n) is 16.7. The summed E-state index contributed by atoms with van der Waals surface area (Å²) < 4.78 is 26.1. The van der Waals surface area contributed by atoms with Crippen LogP contribution in [0.3, 0.4) is 0 Å². The number of carboxylic acids is 1. The lowest BCUT2D eigenvalue weighted by molar-refractivity contribution is -0.143. The highest BCUT2D eigenvalue weighted by atomic mass is 19.1. The minimum atomic E-state index is -1.76. The first-order valence-corrected chi connectivity index (χ1v) is 9.34. The quantitative estimate of drug-likeness (QED) is 0.355. The molecule has 0 saturated carbocycles. The molecule has 0 aliphatic heterocycles. The van der Waals surface area contributed by atoms with Crippen molar-refractivity contribution in [2.45, 2.75) is 32.7 Å². The molecule has 0 aromatic heterocycles. The first kappa shape index (κ1) is 22.0. The van der Waals surface area contributed by atoms with Gasteiger partial charge < -0.3 is 25.6 Å². The van der Waals surface area contributed by atoms with Gasteiger partial charge in [0, 0.05) is 22.9 Å². The van der Waals surface area contributed by atoms with E-state index in [1.807, 2.05) is 0 Å². The van der Waals surface area contributed by atoms with E-state index in [0.717, 1.165) is 0 Å². The van der Waals surface area contributed by atoms with Crippen molar-refractivity contribution in [3.63, 3.8) is 0 Å². The third-order valence-electron chi connectivity index (χ3n) is 4.53. The molecule has 0 heterocycles. The molecule has 2 aromatic rings. The number of nitrogens with two attached hydrogens (primary N) is 1. The van der Waals surface area contributed by atoms with E-state index in [-0.39, 0.29) is 30.2 Å². The molecule has 0 spiro atoms. The molecule has 0 aliphatic carbocycles. The zero-order valence-corrected chi connectivity index (χ0v) is 16.7. The summed E-state index contributed by atoms with van der Waals surface area (Å²) in [6.07, 6.45) is 0.0505. The number of amidine groups is 1. The van der Waals surface area contributed by atoms with Gasteiger partial charge in [-0.3, -0.25) is 5.41 Å². The summed E-state index contributed by atoms with van der Waals surface area (Å²) in [7, 11) is 0. The number of aliphatic carboxylic acids is 1. The molecule has 0 aliphatic rings. The number of nitrogens with one attached hydrogen (secondary N) is 2. The Kier molecular flexibility index (Phi) is 7.03. The number of nitrogen functional groups attached to an aromatic ring is 1. The van der Waals surface area contributed by atoms with E-state index in [0.29, 0.717) is 23.6 Å². The Hall–Kier alpha value is -3.29. The van der Waals surface area contributed by atoms with Crippen LogP contribution in [0.15, 0.2) is 36.4 Å². The van der Waals surface area contributed by atoms with Crippen LogP contribution >= 0.6 is 0 Å². The Morgan fingerprint density at radius 3 is 2.28 bits per heavy atom. The van der Waals surface area contributed by atoms with Crippen LogP contribution in [0, 0.1) is 11.2 Å². The van der Waals surface area contributed by atoms with Crippen LogP contribution in [-0.4, -0.2) is 30.1 Å². The van der Waals surface area contributed by atoms with Gasteiger partial charge in [-0.25, -0.2) is 9.18 Å². The Balaban J connectivity index is 2.61. The molecule has 8 heteroatoms. The van der Waals surface area contributed by atoms with Crippen molar-refractivity contribution < 1.29 is 23.8 Å². The van der Waals surface area contributed by atoms with E-state index in [4.69, 9.17) is 20.6 Å². The van der Waals surface area contributed by atoms with E-state index >= 15 is 4.39 Å². The van der Waals surface area contributed by atoms with Gasteiger partial charge in [-0.1, -0.05) is 6.92 Å². The maximum atomic E-state index is 15.3. The number of halogens is 1. The highest BCUT2D eigenvalue weighted by Gasteiger charge is 2.42. The van der Waals surface area contributed by atoms with Crippen molar-refractivity contribution in [1.29, 1.82) is 5.41 Å². The molecule has 7 nitrogen and oxygen atoms in total. The summed E-state index contributed by atoms with van der Waals surface area (Å²) in [4.78, 5) is 12.4. The van der Waals surface area contributed by atoms with Gasteiger partial charge in [0.25, 0.3) is 0 Å². The van der Waals surface area contributed by atoms with Gasteiger partial charge in [0.05, 0.1) is 13.2 Å². The van der Waals surface area contributed by atoms with E-state index in [1.165, 1.54) is 12.1 Å². The number of anilines is 1. The molecule has 2 rings (SSSR count). The molecule has 0 saturated heterocycles. The average Bonchev–Trinajstić information content (AvgIpc) is 2.69. The number of rotatable bonds is 10. The number of ether oxygens (including phenoxy) is 2. The second kappa shape index (κ2) is 9.27. The normalized spacial score (nSPS) is 12.7. The van der Waals surface area contributed by atoms with Gasteiger partial charge in [0.1, 0.15) is 11.6 Å². The van der Waals surface area contributed by atoms with E-state index in [2.05, 4.69) is 5.32 Å². The van der Waals surface area contributed by atoms with Crippen molar-refractivity contribution >= 4 is 17.5 Å². The second-order valence-electron chi connectivity index (χ2n) is 6.33. The lowest BCUT2D eigenvalue weighted by atomic mass is 9.85.